The molecule has 4 aromatic rings. The van der Waals surface area contributed by atoms with Crippen LogP contribution in [-0.4, -0.2) is 42.3 Å². The van der Waals surface area contributed by atoms with E-state index >= 15 is 0 Å². The van der Waals surface area contributed by atoms with Crippen LogP contribution in [0.15, 0.2) is 121 Å². The van der Waals surface area contributed by atoms with E-state index in [9.17, 15) is 43.2 Å². The minimum Gasteiger partial charge on any atom is -0.252 e. The lowest BCUT2D eigenvalue weighted by Crippen LogP contribution is -2.71. The molecule has 254 valence electrons. The summed E-state index contributed by atoms with van der Waals surface area (Å²) in [5.41, 5.74) is -14.5. The lowest BCUT2D eigenvalue weighted by molar-refractivity contribution is -0.0655. The Morgan fingerprint density at radius 3 is 1.10 bits per heavy atom. The van der Waals surface area contributed by atoms with Crippen molar-refractivity contribution < 1.29 is 43.2 Å². The minimum absolute atomic E-state index is 0.164. The highest BCUT2D eigenvalue weighted by Crippen LogP contribution is 2.52. The van der Waals surface area contributed by atoms with E-state index in [1.807, 2.05) is 0 Å². The van der Waals surface area contributed by atoms with Crippen molar-refractivity contribution in [1.82, 2.24) is 8.83 Å². The standard InChI is InChI=1S/C32H28F6N4O4S2/c1-3-30(2,42(47(43,44)31(33,34)35)48(45,46)32(36,37)38)41-39(26-20-12-6-13-21-26)28(24-16-8-4-9-17-24)29(25-18-10-5-11-19-25)40(41)27-22-14-7-15-23-27/h4-23H,3H2,1-2H3. The number of sulfonamides is 2. The first-order valence-corrected chi connectivity index (χ1v) is 17.1. The predicted molar refractivity (Wildman–Crippen MR) is 170 cm³/mol. The number of rotatable bonds is 9. The van der Waals surface area contributed by atoms with Gasteiger partial charge in [-0.25, -0.2) is 16.8 Å². The number of para-hydroxylation sites is 2. The van der Waals surface area contributed by atoms with Crippen LogP contribution in [0.3, 0.4) is 0 Å². The third kappa shape index (κ3) is 5.82. The summed E-state index contributed by atoms with van der Waals surface area (Å²) in [7, 11) is -14.5. The molecule has 0 radical (unpaired) electrons. The van der Waals surface area contributed by atoms with Crippen molar-refractivity contribution in [2.75, 3.05) is 10.0 Å². The van der Waals surface area contributed by atoms with Crippen LogP contribution in [0.5, 0.6) is 0 Å². The van der Waals surface area contributed by atoms with Crippen LogP contribution in [0.4, 0.5) is 37.7 Å². The molecule has 5 rings (SSSR count). The quantitative estimate of drug-likeness (QED) is 0.164. The molecule has 1 unspecified atom stereocenters. The number of alkyl halides is 6. The van der Waals surface area contributed by atoms with E-state index in [1.54, 1.807) is 97.1 Å². The molecule has 1 aliphatic heterocycles. The Kier molecular flexibility index (Phi) is 9.15. The highest BCUT2D eigenvalue weighted by atomic mass is 32.3. The molecule has 0 fully saturated rings. The lowest BCUT2D eigenvalue weighted by Gasteiger charge is -2.51. The molecule has 0 bridgehead atoms. The van der Waals surface area contributed by atoms with Gasteiger partial charge in [-0.3, -0.25) is 10.0 Å². The number of benzene rings is 4. The van der Waals surface area contributed by atoms with Crippen LogP contribution in [0.1, 0.15) is 31.4 Å². The van der Waals surface area contributed by atoms with Gasteiger partial charge in [-0.1, -0.05) is 113 Å². The molecule has 4 aromatic carbocycles. The van der Waals surface area contributed by atoms with Crippen molar-refractivity contribution >= 4 is 42.8 Å². The van der Waals surface area contributed by atoms with Gasteiger partial charge in [0.05, 0.1) is 22.8 Å². The minimum atomic E-state index is -7.25. The van der Waals surface area contributed by atoms with E-state index in [2.05, 4.69) is 0 Å². The van der Waals surface area contributed by atoms with Gasteiger partial charge in [0.25, 0.3) is 0 Å². The van der Waals surface area contributed by atoms with Crippen molar-refractivity contribution in [3.05, 3.63) is 132 Å². The fraction of sp³-hybridized carbons (Fsp3) is 0.188. The fourth-order valence-electron chi connectivity index (χ4n) is 5.41. The Hall–Kier alpha value is -4.38. The summed E-state index contributed by atoms with van der Waals surface area (Å²) < 4.78 is 138. The summed E-state index contributed by atoms with van der Waals surface area (Å²) in [5, 5.41) is 3.30. The maximum Gasteiger partial charge on any atom is 0.512 e. The van der Waals surface area contributed by atoms with E-state index in [1.165, 1.54) is 34.3 Å². The van der Waals surface area contributed by atoms with Crippen LogP contribution in [-0.2, 0) is 20.0 Å². The third-order valence-electron chi connectivity index (χ3n) is 7.64. The van der Waals surface area contributed by atoms with E-state index in [0.29, 0.717) is 18.1 Å². The average molecular weight is 711 g/mol. The van der Waals surface area contributed by atoms with Gasteiger partial charge in [0.1, 0.15) is 5.66 Å². The highest BCUT2D eigenvalue weighted by molar-refractivity contribution is 8.04. The molecule has 1 heterocycles. The second-order valence-corrected chi connectivity index (χ2v) is 14.5. The molecule has 0 aromatic heterocycles. The normalized spacial score (nSPS) is 16.4. The molecule has 48 heavy (non-hydrogen) atoms. The lowest BCUT2D eigenvalue weighted by atomic mass is 10.0. The van der Waals surface area contributed by atoms with Gasteiger partial charge in [0.15, 0.2) is 0 Å². The first-order valence-electron chi connectivity index (χ1n) is 14.3. The Morgan fingerprint density at radius 1 is 0.542 bits per heavy atom. The first kappa shape index (κ1) is 34.9. The van der Waals surface area contributed by atoms with Crippen molar-refractivity contribution in [1.29, 1.82) is 0 Å². The van der Waals surface area contributed by atoms with Gasteiger partial charge in [-0.15, -0.1) is 0 Å². The van der Waals surface area contributed by atoms with E-state index in [0.717, 1.165) is 12.0 Å². The zero-order chi connectivity index (χ0) is 35.1. The van der Waals surface area contributed by atoms with Crippen molar-refractivity contribution in [3.8, 4) is 0 Å². The Labute approximate surface area is 273 Å². The second kappa shape index (κ2) is 12.6. The molecule has 0 N–H and O–H groups in total. The Balaban J connectivity index is 2.00. The number of nitrogens with zero attached hydrogens (tertiary/aromatic N) is 4. The molecule has 8 nitrogen and oxygen atoms in total. The number of hydrazine groups is 2. The molecule has 0 saturated carbocycles. The van der Waals surface area contributed by atoms with Gasteiger partial charge < -0.3 is 0 Å². The van der Waals surface area contributed by atoms with Crippen molar-refractivity contribution in [3.63, 3.8) is 0 Å². The van der Waals surface area contributed by atoms with E-state index in [4.69, 9.17) is 0 Å². The van der Waals surface area contributed by atoms with Gasteiger partial charge in [-0.05, 0) is 37.6 Å². The summed E-state index contributed by atoms with van der Waals surface area (Å²) in [5.74, 6) is 0. The van der Waals surface area contributed by atoms with Crippen LogP contribution in [0, 0.1) is 0 Å². The van der Waals surface area contributed by atoms with E-state index in [-0.39, 0.29) is 22.8 Å². The van der Waals surface area contributed by atoms with Crippen LogP contribution in [0.2, 0.25) is 0 Å². The van der Waals surface area contributed by atoms with Crippen LogP contribution < -0.4 is 10.0 Å². The molecule has 0 amide bonds. The third-order valence-corrected chi connectivity index (χ3v) is 11.6. The van der Waals surface area contributed by atoms with Crippen LogP contribution in [0.25, 0.3) is 11.4 Å². The van der Waals surface area contributed by atoms with Crippen molar-refractivity contribution in [2.45, 2.75) is 36.9 Å². The number of anilines is 2. The summed E-state index contributed by atoms with van der Waals surface area (Å²) in [6.07, 6.45) is -0.894. The van der Waals surface area contributed by atoms with E-state index < -0.39 is 46.9 Å². The van der Waals surface area contributed by atoms with Crippen molar-refractivity contribution in [2.24, 2.45) is 0 Å². The predicted octanol–water partition coefficient (Wildman–Crippen LogP) is 7.80. The van der Waals surface area contributed by atoms with Crippen LogP contribution >= 0.6 is 0 Å². The van der Waals surface area contributed by atoms with Gasteiger partial charge in [0, 0.05) is 11.1 Å². The average Bonchev–Trinajstić information content (AvgIpc) is 3.42. The van der Waals surface area contributed by atoms with Gasteiger partial charge >= 0.3 is 31.1 Å². The molecule has 1 aliphatic rings. The monoisotopic (exact) mass is 710 g/mol. The summed E-state index contributed by atoms with van der Waals surface area (Å²) in [4.78, 5) is 0. The maximum absolute atomic E-state index is 14.4. The van der Waals surface area contributed by atoms with Gasteiger partial charge in [-0.2, -0.15) is 26.3 Å². The number of hydrogen-bond acceptors (Lipinski definition) is 7. The fourth-order valence-corrected chi connectivity index (χ4v) is 8.77. The molecule has 0 saturated heterocycles. The Morgan fingerprint density at radius 2 is 0.833 bits per heavy atom. The molecule has 1 atom stereocenters. The number of hydrogen-bond donors (Lipinski definition) is 0. The highest BCUT2D eigenvalue weighted by Gasteiger charge is 2.69. The summed E-state index contributed by atoms with van der Waals surface area (Å²) >= 11 is 0. The maximum atomic E-state index is 14.4. The number of halogens is 6. The smallest absolute Gasteiger partial charge is 0.252 e. The molecule has 0 aliphatic carbocycles. The topological polar surface area (TPSA) is 81.2 Å². The van der Waals surface area contributed by atoms with Gasteiger partial charge in [0.2, 0.25) is 0 Å². The summed E-state index contributed by atoms with van der Waals surface area (Å²) in [6.45, 7) is 1.81. The molecule has 0 spiro atoms. The SMILES string of the molecule is CCC(C)(N1N(c2ccccc2)C(c2ccccc2)=C(c2ccccc2)N1c1ccccc1)N(S(=O)(=O)C(F)(F)F)S(=O)(=O)C(F)(F)F. The first-order chi connectivity index (χ1) is 22.5. The molecular formula is C32H28F6N4O4S2. The molecular weight excluding hydrogens is 682 g/mol. The zero-order valence-electron chi connectivity index (χ0n) is 25.3. The molecule has 16 heteroatoms. The largest absolute Gasteiger partial charge is 0.512 e. The Bertz CT molecular complexity index is 1860. The second-order valence-electron chi connectivity index (χ2n) is 10.7. The summed E-state index contributed by atoms with van der Waals surface area (Å²) in [6, 6.07) is 32.2. The zero-order valence-corrected chi connectivity index (χ0v) is 26.9.